The normalized spacial score (nSPS) is 14.2. The molecule has 146 valence electrons. The first-order chi connectivity index (χ1) is 13.5. The second-order valence-corrected chi connectivity index (χ2v) is 7.16. The molecule has 1 aliphatic rings. The molecule has 0 spiro atoms. The van der Waals surface area contributed by atoms with Crippen LogP contribution in [0, 0.1) is 6.92 Å². The lowest BCUT2D eigenvalue weighted by atomic mass is 10.2. The first kappa shape index (κ1) is 18.4. The lowest BCUT2D eigenvalue weighted by molar-refractivity contribution is -0.120. The van der Waals surface area contributed by atoms with Gasteiger partial charge in [-0.15, -0.1) is 0 Å². The van der Waals surface area contributed by atoms with Crippen molar-refractivity contribution in [2.24, 2.45) is 0 Å². The predicted molar refractivity (Wildman–Crippen MR) is 105 cm³/mol. The molecule has 4 heterocycles. The van der Waals surface area contributed by atoms with Crippen molar-refractivity contribution < 1.29 is 4.79 Å². The Morgan fingerprint density at radius 1 is 1.25 bits per heavy atom. The molecule has 0 fully saturated rings. The average Bonchev–Trinajstić information content (AvgIpc) is 3.09. The average molecular weight is 380 g/mol. The van der Waals surface area contributed by atoms with Gasteiger partial charge in [-0.2, -0.15) is 5.10 Å². The third-order valence-electron chi connectivity index (χ3n) is 5.04. The van der Waals surface area contributed by atoms with E-state index in [1.165, 1.54) is 0 Å². The van der Waals surface area contributed by atoms with E-state index in [1.807, 2.05) is 36.7 Å². The molecule has 1 N–H and O–H groups in total. The SMILES string of the molecule is CCC(=O)NCc1cc2n(n1)CCN(Cc1cc(=O)n3cccc(C)c3n1)C2. The van der Waals surface area contributed by atoms with E-state index in [-0.39, 0.29) is 11.5 Å². The van der Waals surface area contributed by atoms with Crippen molar-refractivity contribution in [1.82, 2.24) is 29.4 Å². The highest BCUT2D eigenvalue weighted by molar-refractivity contribution is 5.75. The molecule has 0 unspecified atom stereocenters. The number of nitrogens with one attached hydrogen (secondary N) is 1. The fourth-order valence-corrected chi connectivity index (χ4v) is 3.53. The molecule has 0 saturated heterocycles. The van der Waals surface area contributed by atoms with Crippen LogP contribution in [0.2, 0.25) is 0 Å². The topological polar surface area (TPSA) is 84.5 Å². The van der Waals surface area contributed by atoms with E-state index in [0.717, 1.165) is 42.3 Å². The summed E-state index contributed by atoms with van der Waals surface area (Å²) in [4.78, 5) is 30.8. The van der Waals surface area contributed by atoms with Crippen LogP contribution in [0.25, 0.3) is 5.65 Å². The molecular weight excluding hydrogens is 356 g/mol. The fraction of sp³-hybridized carbons (Fsp3) is 0.400. The number of aromatic nitrogens is 4. The van der Waals surface area contributed by atoms with Crippen molar-refractivity contribution in [3.63, 3.8) is 0 Å². The van der Waals surface area contributed by atoms with Gasteiger partial charge < -0.3 is 5.32 Å². The summed E-state index contributed by atoms with van der Waals surface area (Å²) >= 11 is 0. The van der Waals surface area contributed by atoms with Crippen LogP contribution in [-0.2, 0) is 31.0 Å². The van der Waals surface area contributed by atoms with Crippen LogP contribution >= 0.6 is 0 Å². The lowest BCUT2D eigenvalue weighted by Gasteiger charge is -2.27. The second kappa shape index (κ2) is 7.55. The number of amides is 1. The molecule has 1 aliphatic heterocycles. The van der Waals surface area contributed by atoms with Gasteiger partial charge in [0.15, 0.2) is 0 Å². The van der Waals surface area contributed by atoms with Crippen LogP contribution < -0.4 is 10.9 Å². The van der Waals surface area contributed by atoms with Crippen molar-refractivity contribution in [3.8, 4) is 0 Å². The van der Waals surface area contributed by atoms with Gasteiger partial charge in [-0.1, -0.05) is 13.0 Å². The Morgan fingerprint density at radius 3 is 2.93 bits per heavy atom. The van der Waals surface area contributed by atoms with Crippen molar-refractivity contribution in [2.75, 3.05) is 6.54 Å². The molecule has 0 radical (unpaired) electrons. The van der Waals surface area contributed by atoms with Crippen LogP contribution in [-0.4, -0.2) is 36.5 Å². The van der Waals surface area contributed by atoms with Crippen LogP contribution in [0.15, 0.2) is 35.3 Å². The van der Waals surface area contributed by atoms with Gasteiger partial charge in [-0.25, -0.2) is 4.98 Å². The van der Waals surface area contributed by atoms with Gasteiger partial charge in [0.1, 0.15) is 5.65 Å². The van der Waals surface area contributed by atoms with E-state index in [1.54, 1.807) is 16.7 Å². The number of fused-ring (bicyclic) bond motifs is 2. The zero-order valence-electron chi connectivity index (χ0n) is 16.2. The smallest absolute Gasteiger partial charge is 0.258 e. The van der Waals surface area contributed by atoms with Gasteiger partial charge in [0, 0.05) is 38.3 Å². The molecule has 0 aromatic carbocycles. The summed E-state index contributed by atoms with van der Waals surface area (Å²) in [5.41, 5.74) is 4.40. The highest BCUT2D eigenvalue weighted by atomic mass is 16.1. The maximum atomic E-state index is 12.4. The van der Waals surface area contributed by atoms with Gasteiger partial charge in [0.05, 0.1) is 30.2 Å². The zero-order valence-corrected chi connectivity index (χ0v) is 16.2. The van der Waals surface area contributed by atoms with E-state index >= 15 is 0 Å². The number of nitrogens with zero attached hydrogens (tertiary/aromatic N) is 5. The van der Waals surface area contributed by atoms with Crippen LogP contribution in [0.3, 0.4) is 0 Å². The summed E-state index contributed by atoms with van der Waals surface area (Å²) in [6.45, 7) is 7.22. The maximum Gasteiger partial charge on any atom is 0.258 e. The van der Waals surface area contributed by atoms with E-state index in [9.17, 15) is 9.59 Å². The highest BCUT2D eigenvalue weighted by Gasteiger charge is 2.19. The van der Waals surface area contributed by atoms with E-state index in [2.05, 4.69) is 15.3 Å². The summed E-state index contributed by atoms with van der Waals surface area (Å²) in [6.07, 6.45) is 2.22. The Balaban J connectivity index is 1.49. The number of hydrogen-bond acceptors (Lipinski definition) is 5. The molecule has 28 heavy (non-hydrogen) atoms. The molecule has 3 aromatic heterocycles. The minimum atomic E-state index is -0.0558. The Labute approximate surface area is 162 Å². The molecule has 3 aromatic rings. The molecule has 0 atom stereocenters. The molecule has 4 rings (SSSR count). The molecular formula is C20H24N6O2. The van der Waals surface area contributed by atoms with Crippen LogP contribution in [0.4, 0.5) is 0 Å². The first-order valence-electron chi connectivity index (χ1n) is 9.56. The quantitative estimate of drug-likeness (QED) is 0.720. The standard InChI is InChI=1S/C20H24N6O2/c1-3-18(27)21-11-15-9-17-13-24(7-8-26(17)23-15)12-16-10-19(28)25-6-4-5-14(2)20(25)22-16/h4-6,9-10H,3,7-8,11-13H2,1-2H3,(H,21,27). The first-order valence-corrected chi connectivity index (χ1v) is 9.56. The zero-order chi connectivity index (χ0) is 19.7. The minimum absolute atomic E-state index is 0.0246. The van der Waals surface area contributed by atoms with E-state index < -0.39 is 0 Å². The molecule has 0 aliphatic carbocycles. The van der Waals surface area contributed by atoms with E-state index in [0.29, 0.717) is 25.2 Å². The van der Waals surface area contributed by atoms with Crippen LogP contribution in [0.1, 0.15) is 36.0 Å². The molecule has 0 saturated carbocycles. The summed E-state index contributed by atoms with van der Waals surface area (Å²) < 4.78 is 3.58. The largest absolute Gasteiger partial charge is 0.350 e. The fourth-order valence-electron chi connectivity index (χ4n) is 3.53. The monoisotopic (exact) mass is 380 g/mol. The molecule has 8 nitrogen and oxygen atoms in total. The Bertz CT molecular complexity index is 1080. The van der Waals surface area contributed by atoms with Crippen molar-refractivity contribution in [1.29, 1.82) is 0 Å². The highest BCUT2D eigenvalue weighted by Crippen LogP contribution is 2.16. The molecule has 8 heteroatoms. The second-order valence-electron chi connectivity index (χ2n) is 7.16. The van der Waals surface area contributed by atoms with Gasteiger partial charge in [0.2, 0.25) is 5.91 Å². The minimum Gasteiger partial charge on any atom is -0.350 e. The summed E-state index contributed by atoms with van der Waals surface area (Å²) in [5, 5.41) is 7.43. The van der Waals surface area contributed by atoms with Gasteiger partial charge in [-0.05, 0) is 24.6 Å². The Hall–Kier alpha value is -3.00. The number of pyridine rings is 1. The summed E-state index contributed by atoms with van der Waals surface area (Å²) in [6, 6.07) is 7.47. The Kier molecular flexibility index (Phi) is 4.95. The Morgan fingerprint density at radius 2 is 2.11 bits per heavy atom. The predicted octanol–water partition coefficient (Wildman–Crippen LogP) is 1.24. The number of rotatable bonds is 5. The van der Waals surface area contributed by atoms with Gasteiger partial charge >= 0.3 is 0 Å². The molecule has 1 amide bonds. The van der Waals surface area contributed by atoms with Crippen LogP contribution in [0.5, 0.6) is 0 Å². The maximum absolute atomic E-state index is 12.4. The summed E-state index contributed by atoms with van der Waals surface area (Å²) in [7, 11) is 0. The van der Waals surface area contributed by atoms with Crippen molar-refractivity contribution in [3.05, 3.63) is 63.5 Å². The van der Waals surface area contributed by atoms with E-state index in [4.69, 9.17) is 4.98 Å². The summed E-state index contributed by atoms with van der Waals surface area (Å²) in [5.74, 6) is 0.0246. The number of aryl methyl sites for hydroxylation is 1. The lowest BCUT2D eigenvalue weighted by Crippen LogP contribution is -2.34. The number of carbonyl (C=O) groups excluding carboxylic acids is 1. The number of carbonyl (C=O) groups is 1. The van der Waals surface area contributed by atoms with Crippen molar-refractivity contribution >= 4 is 11.6 Å². The van der Waals surface area contributed by atoms with Gasteiger partial charge in [0.25, 0.3) is 5.56 Å². The molecule has 0 bridgehead atoms. The number of hydrogen-bond donors (Lipinski definition) is 1. The van der Waals surface area contributed by atoms with Crippen molar-refractivity contribution in [2.45, 2.75) is 46.4 Å². The third-order valence-corrected chi connectivity index (χ3v) is 5.04. The van der Waals surface area contributed by atoms with Gasteiger partial charge in [-0.3, -0.25) is 23.6 Å². The third kappa shape index (κ3) is 3.68.